The Morgan fingerprint density at radius 3 is 2.50 bits per heavy atom. The van der Waals surface area contributed by atoms with Crippen LogP contribution in [-0.2, 0) is 17.7 Å². The van der Waals surface area contributed by atoms with Gasteiger partial charge in [-0.2, -0.15) is 0 Å². The van der Waals surface area contributed by atoms with Crippen LogP contribution in [0.5, 0.6) is 5.75 Å². The summed E-state index contributed by atoms with van der Waals surface area (Å²) in [5.41, 5.74) is 2.33. The van der Waals surface area contributed by atoms with Crippen LogP contribution in [0.3, 0.4) is 0 Å². The molecule has 0 aliphatic heterocycles. The summed E-state index contributed by atoms with van der Waals surface area (Å²) in [5, 5.41) is 2.45. The summed E-state index contributed by atoms with van der Waals surface area (Å²) >= 11 is -1.95. The summed E-state index contributed by atoms with van der Waals surface area (Å²) in [6, 6.07) is 19.1. The van der Waals surface area contributed by atoms with Crippen LogP contribution in [0, 0.1) is 6.92 Å². The highest BCUT2D eigenvalue weighted by Crippen LogP contribution is 2.22. The molecule has 1 N–H and O–H groups in total. The van der Waals surface area contributed by atoms with E-state index in [4.69, 9.17) is 9.29 Å². The van der Waals surface area contributed by atoms with E-state index in [1.54, 1.807) is 24.3 Å². The fraction of sp³-hybridized carbons (Fsp3) is 0.111. The Hall–Kier alpha value is -2.17. The van der Waals surface area contributed by atoms with Gasteiger partial charge in [0.25, 0.3) is 0 Å². The summed E-state index contributed by atoms with van der Waals surface area (Å²) in [5.74, 6) is 0.681. The predicted octanol–water partition coefficient (Wildman–Crippen LogP) is 4.31. The molecule has 0 aliphatic rings. The number of aryl methyl sites for hydroxylation is 1. The van der Waals surface area contributed by atoms with Crippen LogP contribution in [0.15, 0.2) is 65.6 Å². The van der Waals surface area contributed by atoms with Gasteiger partial charge in [-0.05, 0) is 59.2 Å². The topological polar surface area (TPSA) is 46.5 Å². The van der Waals surface area contributed by atoms with Crippen LogP contribution in [0.25, 0.3) is 10.8 Å². The van der Waals surface area contributed by atoms with E-state index in [0.29, 0.717) is 17.3 Å². The molecule has 22 heavy (non-hydrogen) atoms. The minimum atomic E-state index is -1.95. The minimum Gasteiger partial charge on any atom is -0.489 e. The lowest BCUT2D eigenvalue weighted by Crippen LogP contribution is -1.97. The molecule has 0 heterocycles. The van der Waals surface area contributed by atoms with E-state index >= 15 is 0 Å². The third-order valence-corrected chi connectivity index (χ3v) is 4.23. The zero-order valence-electron chi connectivity index (χ0n) is 12.2. The van der Waals surface area contributed by atoms with E-state index in [0.717, 1.165) is 5.56 Å². The quantitative estimate of drug-likeness (QED) is 0.730. The van der Waals surface area contributed by atoms with E-state index in [1.165, 1.54) is 16.3 Å². The molecule has 3 aromatic rings. The summed E-state index contributed by atoms with van der Waals surface area (Å²) in [6.45, 7) is 2.56. The first-order chi connectivity index (χ1) is 10.6. The van der Waals surface area contributed by atoms with E-state index in [1.807, 2.05) is 12.1 Å². The number of ether oxygens (including phenoxy) is 1. The Morgan fingerprint density at radius 2 is 1.77 bits per heavy atom. The maximum Gasteiger partial charge on any atom is 0.186 e. The van der Waals surface area contributed by atoms with Crippen molar-refractivity contribution in [3.63, 3.8) is 0 Å². The van der Waals surface area contributed by atoms with Gasteiger partial charge in [0.1, 0.15) is 12.4 Å². The van der Waals surface area contributed by atoms with E-state index in [-0.39, 0.29) is 0 Å². The molecule has 0 amide bonds. The third-order valence-electron chi connectivity index (χ3n) is 3.56. The smallest absolute Gasteiger partial charge is 0.186 e. The molecule has 0 fully saturated rings. The van der Waals surface area contributed by atoms with Gasteiger partial charge in [0.15, 0.2) is 11.1 Å². The molecule has 3 aromatic carbocycles. The molecule has 3 rings (SSSR count). The molecular formula is C18H16O3S. The van der Waals surface area contributed by atoms with Gasteiger partial charge >= 0.3 is 0 Å². The van der Waals surface area contributed by atoms with Crippen molar-refractivity contribution in [2.75, 3.05) is 0 Å². The van der Waals surface area contributed by atoms with Crippen LogP contribution in [0.4, 0.5) is 0 Å². The van der Waals surface area contributed by atoms with Crippen molar-refractivity contribution in [2.45, 2.75) is 18.4 Å². The zero-order chi connectivity index (χ0) is 15.5. The number of hydrogen-bond donors (Lipinski definition) is 1. The monoisotopic (exact) mass is 312 g/mol. The average molecular weight is 312 g/mol. The van der Waals surface area contributed by atoms with Gasteiger partial charge in [0.2, 0.25) is 0 Å². The fourth-order valence-electron chi connectivity index (χ4n) is 2.48. The highest BCUT2D eigenvalue weighted by atomic mass is 32.2. The molecule has 0 bridgehead atoms. The molecule has 0 spiro atoms. The second kappa shape index (κ2) is 6.30. The van der Waals surface area contributed by atoms with Crippen molar-refractivity contribution < 1.29 is 13.5 Å². The fourth-order valence-corrected chi connectivity index (χ4v) is 2.85. The van der Waals surface area contributed by atoms with Crippen molar-refractivity contribution in [1.82, 2.24) is 0 Å². The van der Waals surface area contributed by atoms with Gasteiger partial charge in [0, 0.05) is 0 Å². The highest BCUT2D eigenvalue weighted by Gasteiger charge is 2.03. The Bertz CT molecular complexity index is 825. The second-order valence-corrected chi connectivity index (χ2v) is 6.11. The number of fused-ring (bicyclic) bond motifs is 1. The van der Waals surface area contributed by atoms with Gasteiger partial charge in [0.05, 0.1) is 4.90 Å². The molecule has 0 aliphatic carbocycles. The van der Waals surface area contributed by atoms with Gasteiger partial charge in [-0.1, -0.05) is 30.3 Å². The first kappa shape index (κ1) is 14.8. The first-order valence-corrected chi connectivity index (χ1v) is 8.06. The van der Waals surface area contributed by atoms with Gasteiger partial charge < -0.3 is 9.29 Å². The van der Waals surface area contributed by atoms with Crippen molar-refractivity contribution in [2.24, 2.45) is 0 Å². The lowest BCUT2D eigenvalue weighted by molar-refractivity contribution is 0.306. The van der Waals surface area contributed by atoms with Crippen LogP contribution in [-0.4, -0.2) is 8.76 Å². The number of hydrogen-bond acceptors (Lipinski definition) is 2. The van der Waals surface area contributed by atoms with Gasteiger partial charge in [-0.25, -0.2) is 4.21 Å². The van der Waals surface area contributed by atoms with Gasteiger partial charge in [-0.15, -0.1) is 0 Å². The molecule has 112 valence electrons. The maximum atomic E-state index is 10.9. The Morgan fingerprint density at radius 1 is 1.05 bits per heavy atom. The van der Waals surface area contributed by atoms with Crippen molar-refractivity contribution >= 4 is 21.9 Å². The van der Waals surface area contributed by atoms with Crippen LogP contribution in [0.2, 0.25) is 0 Å². The van der Waals surface area contributed by atoms with Crippen LogP contribution >= 0.6 is 0 Å². The molecule has 3 nitrogen and oxygen atoms in total. The normalized spacial score (nSPS) is 12.3. The molecule has 4 heteroatoms. The Kier molecular flexibility index (Phi) is 4.22. The second-order valence-electron chi connectivity index (χ2n) is 5.14. The molecular weight excluding hydrogens is 296 g/mol. The average Bonchev–Trinajstić information content (AvgIpc) is 2.53. The van der Waals surface area contributed by atoms with Crippen molar-refractivity contribution in [1.29, 1.82) is 0 Å². The van der Waals surface area contributed by atoms with Crippen molar-refractivity contribution in [3.8, 4) is 5.75 Å². The molecule has 0 saturated carbocycles. The Balaban J connectivity index is 1.77. The van der Waals surface area contributed by atoms with Crippen LogP contribution < -0.4 is 4.74 Å². The molecule has 0 aromatic heterocycles. The lowest BCUT2D eigenvalue weighted by atomic mass is 10.0. The van der Waals surface area contributed by atoms with E-state index in [2.05, 4.69) is 31.2 Å². The van der Waals surface area contributed by atoms with Gasteiger partial charge in [-0.3, -0.25) is 0 Å². The highest BCUT2D eigenvalue weighted by molar-refractivity contribution is 7.79. The first-order valence-electron chi connectivity index (χ1n) is 6.95. The third kappa shape index (κ3) is 3.18. The molecule has 1 atom stereocenters. The summed E-state index contributed by atoms with van der Waals surface area (Å²) in [4.78, 5) is 0.369. The largest absolute Gasteiger partial charge is 0.489 e. The SMILES string of the molecule is Cc1cc(COc2ccc(S(=O)O)cc2)cc2ccccc12. The summed E-state index contributed by atoms with van der Waals surface area (Å²) in [6.07, 6.45) is 0. The number of rotatable bonds is 4. The summed E-state index contributed by atoms with van der Waals surface area (Å²) in [7, 11) is 0. The Labute approximate surface area is 131 Å². The van der Waals surface area contributed by atoms with E-state index in [9.17, 15) is 4.21 Å². The van der Waals surface area contributed by atoms with Crippen LogP contribution in [0.1, 0.15) is 11.1 Å². The molecule has 1 unspecified atom stereocenters. The van der Waals surface area contributed by atoms with E-state index < -0.39 is 11.1 Å². The lowest BCUT2D eigenvalue weighted by Gasteiger charge is -2.09. The maximum absolute atomic E-state index is 10.9. The summed E-state index contributed by atoms with van der Waals surface area (Å²) < 4.78 is 25.7. The minimum absolute atomic E-state index is 0.369. The zero-order valence-corrected chi connectivity index (χ0v) is 13.0. The molecule has 0 radical (unpaired) electrons. The standard InChI is InChI=1S/C18H16O3S/c1-13-10-14(11-15-4-2-3-5-18(13)15)12-21-16-6-8-17(9-7-16)22(19)20/h2-11H,12H2,1H3,(H,19,20). The van der Waals surface area contributed by atoms with Crippen molar-refractivity contribution in [3.05, 3.63) is 71.8 Å². The number of benzene rings is 3. The predicted molar refractivity (Wildman–Crippen MR) is 88.5 cm³/mol. The molecule has 0 saturated heterocycles.